The molecule has 0 saturated heterocycles. The fraction of sp³-hybridized carbons (Fsp3) is 0.600. The van der Waals surface area contributed by atoms with Crippen molar-refractivity contribution in [2.75, 3.05) is 17.6 Å². The monoisotopic (exact) mass is 230 g/mol. The van der Waals surface area contributed by atoms with Crippen molar-refractivity contribution < 1.29 is 0 Å². The van der Waals surface area contributed by atoms with E-state index in [1.165, 1.54) is 36.9 Å². The zero-order valence-corrected chi connectivity index (χ0v) is 10.6. The summed E-state index contributed by atoms with van der Waals surface area (Å²) < 4.78 is 0. The lowest BCUT2D eigenvalue weighted by molar-refractivity contribution is 0.428. The molecule has 0 unspecified atom stereocenters. The predicted molar refractivity (Wildman–Crippen MR) is 73.0 cm³/mol. The van der Waals surface area contributed by atoms with Crippen molar-refractivity contribution in [3.8, 4) is 0 Å². The molecule has 0 radical (unpaired) electrons. The maximum absolute atomic E-state index is 5.77. The third-order valence-corrected chi connectivity index (χ3v) is 4.23. The van der Waals surface area contributed by atoms with Gasteiger partial charge in [0.2, 0.25) is 0 Å². The minimum absolute atomic E-state index is 0.856. The molecule has 2 aliphatic rings. The Morgan fingerprint density at radius 1 is 1.24 bits per heavy atom. The van der Waals surface area contributed by atoms with Crippen LogP contribution in [0.25, 0.3) is 0 Å². The van der Waals surface area contributed by atoms with E-state index in [1.54, 1.807) is 0 Å². The van der Waals surface area contributed by atoms with Crippen molar-refractivity contribution in [2.24, 2.45) is 17.8 Å². The molecule has 0 spiro atoms. The Labute approximate surface area is 104 Å². The van der Waals surface area contributed by atoms with Crippen molar-refractivity contribution in [2.45, 2.75) is 32.6 Å². The number of nitrogen functional groups attached to an aromatic ring is 1. The van der Waals surface area contributed by atoms with Gasteiger partial charge in [0.1, 0.15) is 0 Å². The van der Waals surface area contributed by atoms with Gasteiger partial charge >= 0.3 is 0 Å². The molecule has 2 heteroatoms. The lowest BCUT2D eigenvalue weighted by Gasteiger charge is -2.18. The zero-order valence-electron chi connectivity index (χ0n) is 10.6. The molecule has 0 amide bonds. The summed E-state index contributed by atoms with van der Waals surface area (Å²) in [7, 11) is 0. The van der Waals surface area contributed by atoms with E-state index in [1.807, 2.05) is 12.1 Å². The van der Waals surface area contributed by atoms with E-state index in [0.29, 0.717) is 0 Å². The van der Waals surface area contributed by atoms with Crippen LogP contribution in [0.3, 0.4) is 0 Å². The van der Waals surface area contributed by atoms with Crippen LogP contribution in [0.4, 0.5) is 11.4 Å². The van der Waals surface area contributed by atoms with Gasteiger partial charge in [-0.05, 0) is 74.1 Å². The van der Waals surface area contributed by atoms with E-state index in [9.17, 15) is 0 Å². The van der Waals surface area contributed by atoms with Crippen molar-refractivity contribution in [3.05, 3.63) is 23.8 Å². The van der Waals surface area contributed by atoms with Gasteiger partial charge in [-0.3, -0.25) is 0 Å². The molecule has 3 N–H and O–H groups in total. The Kier molecular flexibility index (Phi) is 2.73. The van der Waals surface area contributed by atoms with Gasteiger partial charge in [-0.15, -0.1) is 0 Å². The number of aryl methyl sites for hydroxylation is 1. The van der Waals surface area contributed by atoms with Gasteiger partial charge < -0.3 is 11.1 Å². The van der Waals surface area contributed by atoms with E-state index >= 15 is 0 Å². The number of rotatable bonds is 5. The summed E-state index contributed by atoms with van der Waals surface area (Å²) in [6.45, 7) is 3.28. The molecule has 0 aromatic heterocycles. The first kappa shape index (κ1) is 10.9. The third kappa shape index (κ3) is 2.56. The van der Waals surface area contributed by atoms with Gasteiger partial charge in [0.25, 0.3) is 0 Å². The van der Waals surface area contributed by atoms with Crippen molar-refractivity contribution in [3.63, 3.8) is 0 Å². The maximum atomic E-state index is 5.77. The van der Waals surface area contributed by atoms with Crippen molar-refractivity contribution in [1.29, 1.82) is 0 Å². The highest BCUT2D eigenvalue weighted by Gasteiger charge is 2.40. The SMILES string of the molecule is Cc1cc(N)ccc1NCC(C1CC1)C1CC1. The average molecular weight is 230 g/mol. The number of nitrogens with one attached hydrogen (secondary N) is 1. The van der Waals surface area contributed by atoms with E-state index in [0.717, 1.165) is 30.0 Å². The summed E-state index contributed by atoms with van der Waals surface area (Å²) in [5.74, 6) is 2.96. The van der Waals surface area contributed by atoms with E-state index in [4.69, 9.17) is 5.73 Å². The van der Waals surface area contributed by atoms with E-state index < -0.39 is 0 Å². The average Bonchev–Trinajstić information content (AvgIpc) is 3.15. The minimum Gasteiger partial charge on any atom is -0.399 e. The van der Waals surface area contributed by atoms with Crippen molar-refractivity contribution in [1.82, 2.24) is 0 Å². The Bertz CT molecular complexity index is 393. The smallest absolute Gasteiger partial charge is 0.0371 e. The maximum Gasteiger partial charge on any atom is 0.0371 e. The highest BCUT2D eigenvalue weighted by molar-refractivity contribution is 5.57. The summed E-state index contributed by atoms with van der Waals surface area (Å²) in [5.41, 5.74) is 9.14. The van der Waals surface area contributed by atoms with Crippen LogP contribution < -0.4 is 11.1 Å². The topological polar surface area (TPSA) is 38.0 Å². The molecule has 2 fully saturated rings. The molecule has 1 aromatic rings. The summed E-state index contributed by atoms with van der Waals surface area (Å²) >= 11 is 0. The summed E-state index contributed by atoms with van der Waals surface area (Å²) in [6, 6.07) is 6.14. The van der Waals surface area contributed by atoms with Crippen molar-refractivity contribution >= 4 is 11.4 Å². The van der Waals surface area contributed by atoms with Gasteiger partial charge in [-0.2, -0.15) is 0 Å². The minimum atomic E-state index is 0.856. The van der Waals surface area contributed by atoms with Crippen LogP contribution in [0.15, 0.2) is 18.2 Å². The molecule has 0 aliphatic heterocycles. The normalized spacial score (nSPS) is 19.6. The number of hydrogen-bond acceptors (Lipinski definition) is 2. The molecule has 17 heavy (non-hydrogen) atoms. The second-order valence-corrected chi connectivity index (χ2v) is 5.79. The largest absolute Gasteiger partial charge is 0.399 e. The van der Waals surface area contributed by atoms with Crippen LogP contribution in [-0.4, -0.2) is 6.54 Å². The second kappa shape index (κ2) is 4.25. The Morgan fingerprint density at radius 3 is 2.41 bits per heavy atom. The lowest BCUT2D eigenvalue weighted by Crippen LogP contribution is -2.18. The first-order valence-corrected chi connectivity index (χ1v) is 6.84. The fourth-order valence-electron chi connectivity index (χ4n) is 2.88. The number of anilines is 2. The van der Waals surface area contributed by atoms with E-state index in [2.05, 4.69) is 18.3 Å². The predicted octanol–water partition coefficient (Wildman–Crippen LogP) is 3.43. The highest BCUT2D eigenvalue weighted by atomic mass is 14.9. The number of hydrogen-bond donors (Lipinski definition) is 2. The second-order valence-electron chi connectivity index (χ2n) is 5.79. The summed E-state index contributed by atoms with van der Waals surface area (Å²) in [6.07, 6.45) is 5.85. The highest BCUT2D eigenvalue weighted by Crippen LogP contribution is 2.49. The molecule has 0 heterocycles. The standard InChI is InChI=1S/C15H22N2/c1-10-8-13(16)6-7-15(10)17-9-14(11-2-3-11)12-4-5-12/h6-8,11-12,14,17H,2-5,9,16H2,1H3. The van der Waals surface area contributed by atoms with Crippen LogP contribution in [0, 0.1) is 24.7 Å². The van der Waals surface area contributed by atoms with Crippen LogP contribution in [-0.2, 0) is 0 Å². The first-order valence-electron chi connectivity index (χ1n) is 6.84. The molecule has 0 bridgehead atoms. The van der Waals surface area contributed by atoms with Gasteiger partial charge in [-0.1, -0.05) is 0 Å². The molecular formula is C15H22N2. The summed E-state index contributed by atoms with van der Waals surface area (Å²) in [4.78, 5) is 0. The first-order chi connectivity index (χ1) is 8.24. The van der Waals surface area contributed by atoms with E-state index in [-0.39, 0.29) is 0 Å². The van der Waals surface area contributed by atoms with Crippen LogP contribution in [0.5, 0.6) is 0 Å². The van der Waals surface area contributed by atoms with Crippen LogP contribution in [0.1, 0.15) is 31.2 Å². The van der Waals surface area contributed by atoms with Gasteiger partial charge in [-0.25, -0.2) is 0 Å². The quantitative estimate of drug-likeness (QED) is 0.761. The van der Waals surface area contributed by atoms with Crippen LogP contribution in [0.2, 0.25) is 0 Å². The van der Waals surface area contributed by atoms with Crippen LogP contribution >= 0.6 is 0 Å². The molecule has 1 aromatic carbocycles. The molecule has 3 rings (SSSR count). The molecule has 2 saturated carbocycles. The Hall–Kier alpha value is -1.18. The Balaban J connectivity index is 1.62. The lowest BCUT2D eigenvalue weighted by atomic mass is 9.97. The number of benzene rings is 1. The zero-order chi connectivity index (χ0) is 11.8. The molecule has 2 nitrogen and oxygen atoms in total. The molecule has 2 aliphatic carbocycles. The van der Waals surface area contributed by atoms with Gasteiger partial charge in [0.15, 0.2) is 0 Å². The van der Waals surface area contributed by atoms with Gasteiger partial charge in [0.05, 0.1) is 0 Å². The summed E-state index contributed by atoms with van der Waals surface area (Å²) in [5, 5.41) is 3.63. The third-order valence-electron chi connectivity index (χ3n) is 4.23. The molecule has 0 atom stereocenters. The molecular weight excluding hydrogens is 208 g/mol. The fourth-order valence-corrected chi connectivity index (χ4v) is 2.88. The Morgan fingerprint density at radius 2 is 1.88 bits per heavy atom. The van der Waals surface area contributed by atoms with Gasteiger partial charge in [0, 0.05) is 17.9 Å². The number of nitrogens with two attached hydrogens (primary N) is 1. The molecule has 92 valence electrons.